The molecule has 0 radical (unpaired) electrons. The van der Waals surface area contributed by atoms with E-state index in [1.54, 1.807) is 0 Å². The van der Waals surface area contributed by atoms with Gasteiger partial charge in [-0.2, -0.15) is 29.3 Å². The Balaban J connectivity index is 0.00000176. The van der Waals surface area contributed by atoms with Crippen molar-refractivity contribution < 1.29 is 18.9 Å². The molecule has 0 amide bonds. The molecule has 1 aliphatic carbocycles. The summed E-state index contributed by atoms with van der Waals surface area (Å²) < 4.78 is 0. The van der Waals surface area contributed by atoms with Gasteiger partial charge in [-0.05, 0) is 17.4 Å². The second-order valence-corrected chi connectivity index (χ2v) is 8.33. The van der Waals surface area contributed by atoms with E-state index in [1.807, 2.05) is 0 Å². The molecule has 0 aliphatic heterocycles. The zero-order valence-corrected chi connectivity index (χ0v) is 15.1. The van der Waals surface area contributed by atoms with Crippen LogP contribution in [0.1, 0.15) is 63.8 Å². The van der Waals surface area contributed by atoms with E-state index >= 15 is 0 Å². The Morgan fingerprint density at radius 1 is 0.818 bits per heavy atom. The molecule has 0 atom stereocenters. The monoisotopic (exact) mass is 284 g/mol. The van der Waals surface area contributed by atoms with E-state index in [1.165, 1.54) is 33.4 Å². The largest absolute Gasteiger partial charge is 1.00 e. The van der Waals surface area contributed by atoms with E-state index in [-0.39, 0.29) is 29.7 Å². The van der Waals surface area contributed by atoms with Crippen LogP contribution in [0.3, 0.4) is 0 Å². The van der Waals surface area contributed by atoms with E-state index in [9.17, 15) is 0 Å². The Bertz CT molecular complexity index is 635. The molecule has 0 bridgehead atoms. The van der Waals surface area contributed by atoms with Crippen LogP contribution in [-0.4, -0.2) is 0 Å². The quantitative estimate of drug-likeness (QED) is 0.440. The maximum Gasteiger partial charge on any atom is 1.00 e. The van der Waals surface area contributed by atoms with Crippen molar-refractivity contribution in [3.63, 3.8) is 0 Å². The summed E-state index contributed by atoms with van der Waals surface area (Å²) >= 11 is 0. The summed E-state index contributed by atoms with van der Waals surface area (Å²) in [4.78, 5) is 0. The normalized spacial score (nSPS) is 13.4. The van der Waals surface area contributed by atoms with Gasteiger partial charge < -0.3 is 0 Å². The third-order valence-electron chi connectivity index (χ3n) is 4.53. The van der Waals surface area contributed by atoms with Crippen LogP contribution in [0.5, 0.6) is 0 Å². The molecule has 0 unspecified atom stereocenters. The molecule has 0 nitrogen and oxygen atoms in total. The minimum atomic E-state index is 0. The summed E-state index contributed by atoms with van der Waals surface area (Å²) in [5.74, 6) is 0. The van der Waals surface area contributed by atoms with Gasteiger partial charge in [0.25, 0.3) is 0 Å². The maximum absolute atomic E-state index is 3.53. The van der Waals surface area contributed by atoms with Gasteiger partial charge in [0.2, 0.25) is 0 Å². The number of rotatable bonds is 0. The number of fused-ring (bicyclic) bond motifs is 3. The summed E-state index contributed by atoms with van der Waals surface area (Å²) in [6.45, 7) is 13.6. The molecule has 110 valence electrons. The van der Waals surface area contributed by atoms with Crippen molar-refractivity contribution in [1.82, 2.24) is 0 Å². The van der Waals surface area contributed by atoms with E-state index in [4.69, 9.17) is 0 Å². The smallest absolute Gasteiger partial charge is 0.179 e. The number of benzene rings is 2. The van der Waals surface area contributed by atoms with Gasteiger partial charge in [-0.25, -0.2) is 0 Å². The molecule has 2 aromatic rings. The SMILES string of the molecule is CC(C)(C)c1c[c-]c2c(c1)-c1cc(C(C)(C)C)ccc1C2.[Li+]. The van der Waals surface area contributed by atoms with Gasteiger partial charge >= 0.3 is 18.9 Å². The van der Waals surface area contributed by atoms with Gasteiger partial charge in [-0.1, -0.05) is 76.3 Å². The molecule has 1 heteroatoms. The maximum atomic E-state index is 3.53. The first-order valence-corrected chi connectivity index (χ1v) is 7.85. The standard InChI is InChI=1S/C21H25.Li/c1-20(2,3)16-9-7-14-11-15-8-10-17(21(4,5)6)13-19(15)18(14)12-16;/h7,9-10,12-13H,11H2,1-6H3;/q-1;+1. The molecule has 1 aliphatic rings. The molecule has 3 rings (SSSR count). The Kier molecular flexibility index (Phi) is 4.42. The minimum Gasteiger partial charge on any atom is -0.179 e. The van der Waals surface area contributed by atoms with Gasteiger partial charge in [-0.3, -0.25) is 0 Å². The summed E-state index contributed by atoms with van der Waals surface area (Å²) in [5.41, 5.74) is 8.76. The summed E-state index contributed by atoms with van der Waals surface area (Å²) in [6.07, 6.45) is 1.03. The van der Waals surface area contributed by atoms with Gasteiger partial charge in [0.15, 0.2) is 0 Å². The van der Waals surface area contributed by atoms with Crippen molar-refractivity contribution in [1.29, 1.82) is 0 Å². The average molecular weight is 284 g/mol. The first kappa shape index (κ1) is 17.4. The van der Waals surface area contributed by atoms with Crippen molar-refractivity contribution in [2.24, 2.45) is 0 Å². The summed E-state index contributed by atoms with van der Waals surface area (Å²) in [7, 11) is 0. The summed E-state index contributed by atoms with van der Waals surface area (Å²) in [6, 6.07) is 15.1. The second kappa shape index (κ2) is 5.59. The van der Waals surface area contributed by atoms with Crippen LogP contribution >= 0.6 is 0 Å². The zero-order valence-electron chi connectivity index (χ0n) is 15.1. The fraction of sp³-hybridized carbons (Fsp3) is 0.429. The Morgan fingerprint density at radius 2 is 1.41 bits per heavy atom. The van der Waals surface area contributed by atoms with Gasteiger partial charge in [0.05, 0.1) is 0 Å². The van der Waals surface area contributed by atoms with Crippen LogP contribution in [0.25, 0.3) is 11.1 Å². The van der Waals surface area contributed by atoms with Crippen LogP contribution in [0.2, 0.25) is 0 Å². The van der Waals surface area contributed by atoms with Crippen molar-refractivity contribution in [2.75, 3.05) is 0 Å². The van der Waals surface area contributed by atoms with Crippen molar-refractivity contribution >= 4 is 0 Å². The van der Waals surface area contributed by atoms with E-state index in [2.05, 4.69) is 77.9 Å². The van der Waals surface area contributed by atoms with Gasteiger partial charge in [-0.15, -0.1) is 5.56 Å². The Morgan fingerprint density at radius 3 is 2.00 bits per heavy atom. The molecule has 0 aromatic heterocycles. The van der Waals surface area contributed by atoms with E-state index in [0.29, 0.717) is 0 Å². The fourth-order valence-corrected chi connectivity index (χ4v) is 2.98. The van der Waals surface area contributed by atoms with Crippen LogP contribution in [0, 0.1) is 6.07 Å². The van der Waals surface area contributed by atoms with Crippen molar-refractivity contribution in [3.8, 4) is 11.1 Å². The van der Waals surface area contributed by atoms with Gasteiger partial charge in [0.1, 0.15) is 0 Å². The molecule has 2 aromatic carbocycles. The molecule has 0 fully saturated rings. The zero-order chi connectivity index (χ0) is 15.4. The number of hydrogen-bond acceptors (Lipinski definition) is 0. The molecule has 0 heterocycles. The van der Waals surface area contributed by atoms with Crippen LogP contribution in [0.15, 0.2) is 30.3 Å². The molecule has 0 saturated heterocycles. The topological polar surface area (TPSA) is 0 Å². The van der Waals surface area contributed by atoms with Crippen LogP contribution < -0.4 is 18.9 Å². The third kappa shape index (κ3) is 3.05. The molecule has 0 N–H and O–H groups in total. The van der Waals surface area contributed by atoms with Crippen LogP contribution in [-0.2, 0) is 17.3 Å². The fourth-order valence-electron chi connectivity index (χ4n) is 2.98. The number of hydrogen-bond donors (Lipinski definition) is 0. The molecular weight excluding hydrogens is 259 g/mol. The van der Waals surface area contributed by atoms with Crippen molar-refractivity contribution in [3.05, 3.63) is 58.7 Å². The summed E-state index contributed by atoms with van der Waals surface area (Å²) in [5, 5.41) is 0. The van der Waals surface area contributed by atoms with E-state index in [0.717, 1.165) is 6.42 Å². The molecule has 22 heavy (non-hydrogen) atoms. The Labute approximate surface area is 147 Å². The van der Waals surface area contributed by atoms with Crippen LogP contribution in [0.4, 0.5) is 0 Å². The average Bonchev–Trinajstić information content (AvgIpc) is 2.73. The predicted octanol–water partition coefficient (Wildman–Crippen LogP) is 2.66. The molecule has 0 saturated carbocycles. The second-order valence-electron chi connectivity index (χ2n) is 8.33. The third-order valence-corrected chi connectivity index (χ3v) is 4.53. The van der Waals surface area contributed by atoms with Crippen molar-refractivity contribution in [2.45, 2.75) is 58.8 Å². The van der Waals surface area contributed by atoms with Gasteiger partial charge in [0, 0.05) is 0 Å². The predicted molar refractivity (Wildman–Crippen MR) is 90.9 cm³/mol. The molecule has 0 spiro atoms. The first-order chi connectivity index (χ1) is 9.66. The van der Waals surface area contributed by atoms with E-state index < -0.39 is 0 Å². The minimum absolute atomic E-state index is 0. The molecular formula is C21H25Li. The first-order valence-electron chi connectivity index (χ1n) is 7.85. The Hall–Kier alpha value is -0.963.